The Labute approximate surface area is 228 Å². The van der Waals surface area contributed by atoms with Gasteiger partial charge in [-0.1, -0.05) is 60.8 Å². The fraction of sp³-hybridized carbons (Fsp3) is 0.483. The normalized spacial score (nSPS) is 19.6. The molecule has 1 heterocycles. The Morgan fingerprint density at radius 2 is 1.65 bits per heavy atom. The molecule has 3 N–H and O–H groups in total. The van der Waals surface area contributed by atoms with Gasteiger partial charge in [-0.3, -0.25) is 9.69 Å². The number of aliphatic hydroxyl groups excluding tert-OH is 2. The molecule has 1 fully saturated rings. The maximum absolute atomic E-state index is 13.4. The number of unbranched alkanes of at least 4 members (excludes halogenated alkanes) is 2. The minimum absolute atomic E-state index is 0.0205. The molecule has 1 saturated heterocycles. The molecule has 0 aliphatic carbocycles. The van der Waals surface area contributed by atoms with Gasteiger partial charge in [-0.15, -0.1) is 0 Å². The minimum Gasteiger partial charge on any atom is -0.507 e. The van der Waals surface area contributed by atoms with Gasteiger partial charge in [0.05, 0.1) is 18.7 Å². The van der Waals surface area contributed by atoms with Crippen LogP contribution in [0.2, 0.25) is 0 Å². The molecule has 202 valence electrons. The number of carbonyl (C=O) groups is 1. The predicted molar refractivity (Wildman–Crippen MR) is 150 cm³/mol. The summed E-state index contributed by atoms with van der Waals surface area (Å²) < 4.78 is 6.16. The fourth-order valence-electron chi connectivity index (χ4n) is 4.79. The molecular formula is C29H39BrN2O5. The number of nitrogens with zero attached hydrogens (tertiary/aromatic N) is 2. The van der Waals surface area contributed by atoms with E-state index in [0.29, 0.717) is 17.7 Å². The number of benzene rings is 2. The number of likely N-dealkylation sites (tertiary alicyclic amines) is 1. The number of ketones is 1. The largest absolute Gasteiger partial charge is 0.507 e. The Morgan fingerprint density at radius 1 is 1.03 bits per heavy atom. The number of rotatable bonds is 13. The second-order valence-corrected chi connectivity index (χ2v) is 10.4. The highest BCUT2D eigenvalue weighted by Gasteiger charge is 2.46. The summed E-state index contributed by atoms with van der Waals surface area (Å²) in [6.45, 7) is 7.77. The third kappa shape index (κ3) is 7.13. The monoisotopic (exact) mass is 574 g/mol. The van der Waals surface area contributed by atoms with E-state index in [1.165, 1.54) is 13.2 Å². The van der Waals surface area contributed by atoms with Crippen LogP contribution in [0.1, 0.15) is 63.1 Å². The molecule has 2 aromatic carbocycles. The van der Waals surface area contributed by atoms with Crippen LogP contribution in [0.5, 0.6) is 11.5 Å². The summed E-state index contributed by atoms with van der Waals surface area (Å²) >= 11 is 3.40. The number of phenolic OH excluding ortho intramolecular Hbond substituents is 1. The summed E-state index contributed by atoms with van der Waals surface area (Å²) in [6, 6.07) is 11.2. The van der Waals surface area contributed by atoms with Gasteiger partial charge in [0.2, 0.25) is 5.78 Å². The van der Waals surface area contributed by atoms with E-state index in [2.05, 4.69) is 34.7 Å². The van der Waals surface area contributed by atoms with E-state index < -0.39 is 18.1 Å². The summed E-state index contributed by atoms with van der Waals surface area (Å²) in [4.78, 5) is 17.6. The molecule has 0 saturated carbocycles. The van der Waals surface area contributed by atoms with Gasteiger partial charge in [0, 0.05) is 16.6 Å². The summed E-state index contributed by atoms with van der Waals surface area (Å²) in [5, 5.41) is 32.5. The standard InChI is InChI=1S/C29H39BrN2O5/c1-4-6-15-31(16-7-5-2)17-8-18-32-26(21-11-14-23(33)24(19-21)37-3)25(28(35)29(32)36)27(34)20-9-12-22(30)13-10-20/h9-14,19,26,29,33-34,36H,4-8,15-18H2,1-3H3/b27-25-. The zero-order valence-electron chi connectivity index (χ0n) is 22.0. The van der Waals surface area contributed by atoms with Crippen molar-refractivity contribution < 1.29 is 24.9 Å². The number of ether oxygens (including phenoxy) is 1. The van der Waals surface area contributed by atoms with E-state index in [9.17, 15) is 20.1 Å². The quantitative estimate of drug-likeness (QED) is 0.209. The molecule has 8 heteroatoms. The third-order valence-corrected chi connectivity index (χ3v) is 7.39. The lowest BCUT2D eigenvalue weighted by Gasteiger charge is -2.29. The van der Waals surface area contributed by atoms with Gasteiger partial charge in [-0.2, -0.15) is 0 Å². The van der Waals surface area contributed by atoms with Crippen LogP contribution in [0.4, 0.5) is 0 Å². The van der Waals surface area contributed by atoms with Gasteiger partial charge in [-0.25, -0.2) is 0 Å². The van der Waals surface area contributed by atoms with E-state index in [4.69, 9.17) is 4.74 Å². The average Bonchev–Trinajstić information content (AvgIpc) is 3.15. The molecule has 2 atom stereocenters. The van der Waals surface area contributed by atoms with Gasteiger partial charge in [0.15, 0.2) is 17.7 Å². The van der Waals surface area contributed by atoms with Gasteiger partial charge < -0.3 is 25.0 Å². The molecule has 0 radical (unpaired) electrons. The highest BCUT2D eigenvalue weighted by molar-refractivity contribution is 9.10. The minimum atomic E-state index is -1.38. The lowest BCUT2D eigenvalue weighted by Crippen LogP contribution is -2.37. The lowest BCUT2D eigenvalue weighted by molar-refractivity contribution is -0.127. The molecule has 3 rings (SSSR count). The molecule has 0 spiro atoms. The fourth-order valence-corrected chi connectivity index (χ4v) is 5.05. The zero-order chi connectivity index (χ0) is 26.9. The van der Waals surface area contributed by atoms with Crippen LogP contribution in [0.3, 0.4) is 0 Å². The summed E-state index contributed by atoms with van der Waals surface area (Å²) in [6.07, 6.45) is 3.93. The second kappa shape index (κ2) is 14.0. The van der Waals surface area contributed by atoms with Crippen LogP contribution in [-0.2, 0) is 4.79 Å². The zero-order valence-corrected chi connectivity index (χ0v) is 23.6. The highest BCUT2D eigenvalue weighted by atomic mass is 79.9. The van der Waals surface area contributed by atoms with Crippen LogP contribution in [0.15, 0.2) is 52.5 Å². The van der Waals surface area contributed by atoms with E-state index in [0.717, 1.165) is 56.2 Å². The first-order valence-electron chi connectivity index (χ1n) is 13.1. The molecule has 0 bridgehead atoms. The molecule has 0 amide bonds. The number of halogens is 1. The van der Waals surface area contributed by atoms with Gasteiger partial charge in [0.1, 0.15) is 5.76 Å². The van der Waals surface area contributed by atoms with Gasteiger partial charge in [0.25, 0.3) is 0 Å². The topological polar surface area (TPSA) is 93.5 Å². The Hall–Kier alpha value is -2.39. The summed E-state index contributed by atoms with van der Waals surface area (Å²) in [5.74, 6) is -0.443. The van der Waals surface area contributed by atoms with Crippen molar-refractivity contribution >= 4 is 27.5 Å². The Kier molecular flexibility index (Phi) is 11.0. The third-order valence-electron chi connectivity index (χ3n) is 6.86. The number of carbonyl (C=O) groups excluding carboxylic acids is 1. The highest BCUT2D eigenvalue weighted by Crippen LogP contribution is 2.43. The molecule has 0 aromatic heterocycles. The van der Waals surface area contributed by atoms with E-state index in [-0.39, 0.29) is 22.8 Å². The average molecular weight is 576 g/mol. The number of aliphatic hydroxyl groups is 2. The maximum atomic E-state index is 13.4. The van der Waals surface area contributed by atoms with Crippen LogP contribution in [0, 0.1) is 0 Å². The first kappa shape index (κ1) is 29.2. The van der Waals surface area contributed by atoms with Crippen molar-refractivity contribution in [2.24, 2.45) is 0 Å². The number of methoxy groups -OCH3 is 1. The summed E-state index contributed by atoms with van der Waals surface area (Å²) in [5.41, 5.74) is 1.27. The van der Waals surface area contributed by atoms with E-state index in [1.54, 1.807) is 41.3 Å². The SMILES string of the molecule is CCCCN(CCCC)CCCN1C(O)C(=O)/C(=C(\O)c2ccc(Br)cc2)C1c1ccc(O)c(OC)c1. The van der Waals surface area contributed by atoms with Crippen molar-refractivity contribution in [1.82, 2.24) is 9.80 Å². The number of hydrogen-bond donors (Lipinski definition) is 3. The Bertz CT molecular complexity index is 1060. The Morgan fingerprint density at radius 3 is 2.24 bits per heavy atom. The molecule has 1 aliphatic heterocycles. The van der Waals surface area contributed by atoms with Crippen LogP contribution in [0.25, 0.3) is 5.76 Å². The van der Waals surface area contributed by atoms with Crippen molar-refractivity contribution in [1.29, 1.82) is 0 Å². The van der Waals surface area contributed by atoms with Crippen molar-refractivity contribution in [2.45, 2.75) is 58.2 Å². The number of Topliss-reactive ketones (excluding diaryl/α,β-unsaturated/α-hetero) is 1. The molecule has 2 aromatic rings. The molecule has 2 unspecified atom stereocenters. The van der Waals surface area contributed by atoms with E-state index in [1.807, 2.05) is 0 Å². The lowest BCUT2D eigenvalue weighted by atomic mass is 9.95. The van der Waals surface area contributed by atoms with Crippen LogP contribution >= 0.6 is 15.9 Å². The first-order valence-corrected chi connectivity index (χ1v) is 13.9. The van der Waals surface area contributed by atoms with Crippen LogP contribution in [-0.4, -0.2) is 70.4 Å². The number of aromatic hydroxyl groups is 1. The first-order chi connectivity index (χ1) is 17.8. The molecule has 7 nitrogen and oxygen atoms in total. The molecular weight excluding hydrogens is 536 g/mol. The van der Waals surface area contributed by atoms with Crippen molar-refractivity contribution in [2.75, 3.05) is 33.3 Å². The van der Waals surface area contributed by atoms with Crippen molar-refractivity contribution in [3.63, 3.8) is 0 Å². The van der Waals surface area contributed by atoms with Crippen LogP contribution < -0.4 is 4.74 Å². The van der Waals surface area contributed by atoms with Gasteiger partial charge >= 0.3 is 0 Å². The smallest absolute Gasteiger partial charge is 0.208 e. The van der Waals surface area contributed by atoms with Crippen molar-refractivity contribution in [3.05, 3.63) is 63.6 Å². The van der Waals surface area contributed by atoms with Gasteiger partial charge in [-0.05, 0) is 68.7 Å². The Balaban J connectivity index is 1.95. The number of phenols is 1. The second-order valence-electron chi connectivity index (χ2n) is 9.48. The number of hydrogen-bond acceptors (Lipinski definition) is 7. The molecule has 37 heavy (non-hydrogen) atoms. The molecule has 1 aliphatic rings. The van der Waals surface area contributed by atoms with E-state index >= 15 is 0 Å². The predicted octanol–water partition coefficient (Wildman–Crippen LogP) is 5.67. The van der Waals surface area contributed by atoms with Crippen molar-refractivity contribution in [3.8, 4) is 11.5 Å². The maximum Gasteiger partial charge on any atom is 0.208 e. The summed E-state index contributed by atoms with van der Waals surface area (Å²) in [7, 11) is 1.46.